The number of hydrogen-bond donors (Lipinski definition) is 4. The number of urea groups is 1. The number of halogens is 3. The van der Waals surface area contributed by atoms with E-state index in [1.165, 1.54) is 24.4 Å². The van der Waals surface area contributed by atoms with Crippen LogP contribution in [0.5, 0.6) is 5.75 Å². The molecule has 2 aromatic carbocycles. The molecule has 192 valence electrons. The number of nitrogens with zero attached hydrogens (tertiary/aromatic N) is 3. The van der Waals surface area contributed by atoms with Crippen LogP contribution < -0.4 is 26.2 Å². The van der Waals surface area contributed by atoms with Gasteiger partial charge >= 0.3 is 12.4 Å². The number of nitrogens with one attached hydrogen (secondary N) is 4. The molecule has 0 unspecified atom stereocenters. The van der Waals surface area contributed by atoms with Crippen molar-refractivity contribution < 1.29 is 22.7 Å². The summed E-state index contributed by atoms with van der Waals surface area (Å²) < 4.78 is 43.5. The zero-order valence-corrected chi connectivity index (χ0v) is 19.5. The standard InChI is InChI=1S/C24H22F3N7O3/c1-34-11-10-29-20(34)14-28-12-15-6-8-16(9-7-15)17-13-30-22(32-21(17)35)33-23(36)31-18-4-2-3-5-19(18)37-24(25,26)27/h2-11,13,28H,12,14H2,1H3,(H3,30,31,32,33,35,36). The van der Waals surface area contributed by atoms with Gasteiger partial charge in [0.25, 0.3) is 5.56 Å². The van der Waals surface area contributed by atoms with Gasteiger partial charge in [-0.1, -0.05) is 36.4 Å². The number of aromatic nitrogens is 4. The van der Waals surface area contributed by atoms with Crippen LogP contribution in [0.15, 0.2) is 71.9 Å². The van der Waals surface area contributed by atoms with Gasteiger partial charge in [0.05, 0.1) is 17.8 Å². The molecule has 0 aliphatic rings. The van der Waals surface area contributed by atoms with E-state index in [9.17, 15) is 22.8 Å². The molecule has 0 spiro atoms. The minimum atomic E-state index is -4.93. The molecule has 13 heteroatoms. The molecule has 0 aliphatic carbocycles. The molecule has 0 atom stereocenters. The third-order valence-electron chi connectivity index (χ3n) is 5.19. The molecule has 2 amide bonds. The van der Waals surface area contributed by atoms with Crippen molar-refractivity contribution >= 4 is 17.7 Å². The molecule has 0 saturated carbocycles. The summed E-state index contributed by atoms with van der Waals surface area (Å²) in [4.78, 5) is 35.6. The molecule has 4 N–H and O–H groups in total. The fourth-order valence-corrected chi connectivity index (χ4v) is 3.40. The van der Waals surface area contributed by atoms with Gasteiger partial charge in [0.1, 0.15) is 5.82 Å². The number of benzene rings is 2. The Bertz CT molecular complexity index is 1430. The van der Waals surface area contributed by atoms with Crippen molar-refractivity contribution in [3.63, 3.8) is 0 Å². The second-order valence-electron chi connectivity index (χ2n) is 7.85. The van der Waals surface area contributed by atoms with E-state index in [0.29, 0.717) is 18.7 Å². The maximum absolute atomic E-state index is 12.6. The molecule has 4 rings (SSSR count). The van der Waals surface area contributed by atoms with E-state index in [1.54, 1.807) is 18.3 Å². The van der Waals surface area contributed by atoms with E-state index in [1.807, 2.05) is 29.9 Å². The van der Waals surface area contributed by atoms with Gasteiger partial charge in [-0.2, -0.15) is 0 Å². The van der Waals surface area contributed by atoms with Crippen LogP contribution in [0.4, 0.5) is 29.6 Å². The number of para-hydroxylation sites is 2. The number of rotatable bonds is 8. The van der Waals surface area contributed by atoms with Gasteiger partial charge in [-0.3, -0.25) is 15.1 Å². The van der Waals surface area contributed by atoms with Crippen molar-refractivity contribution in [2.45, 2.75) is 19.5 Å². The fraction of sp³-hybridized carbons (Fsp3) is 0.167. The second-order valence-corrected chi connectivity index (χ2v) is 7.85. The van der Waals surface area contributed by atoms with Crippen molar-refractivity contribution in [3.8, 4) is 16.9 Å². The topological polar surface area (TPSA) is 126 Å². The van der Waals surface area contributed by atoms with Gasteiger partial charge in [0.15, 0.2) is 5.75 Å². The summed E-state index contributed by atoms with van der Waals surface area (Å²) in [6, 6.07) is 11.4. The zero-order chi connectivity index (χ0) is 26.4. The lowest BCUT2D eigenvalue weighted by Gasteiger charge is -2.14. The molecule has 2 aromatic heterocycles. The van der Waals surface area contributed by atoms with E-state index in [-0.39, 0.29) is 17.2 Å². The number of anilines is 2. The number of imidazole rings is 1. The van der Waals surface area contributed by atoms with Crippen LogP contribution in [0.2, 0.25) is 0 Å². The van der Waals surface area contributed by atoms with Crippen molar-refractivity contribution in [1.82, 2.24) is 24.8 Å². The third-order valence-corrected chi connectivity index (χ3v) is 5.19. The molecule has 4 aromatic rings. The summed E-state index contributed by atoms with van der Waals surface area (Å²) in [6.07, 6.45) is -0.0247. The van der Waals surface area contributed by atoms with Crippen LogP contribution in [-0.4, -0.2) is 31.9 Å². The van der Waals surface area contributed by atoms with Gasteiger partial charge in [0, 0.05) is 32.2 Å². The maximum Gasteiger partial charge on any atom is 0.573 e. The number of amides is 2. The normalized spacial score (nSPS) is 11.2. The maximum atomic E-state index is 12.6. The van der Waals surface area contributed by atoms with E-state index in [0.717, 1.165) is 17.5 Å². The number of aromatic amines is 1. The highest BCUT2D eigenvalue weighted by Gasteiger charge is 2.32. The first kappa shape index (κ1) is 25.4. The molecule has 10 nitrogen and oxygen atoms in total. The quantitative estimate of drug-likeness (QED) is 0.282. The number of H-pyrrole nitrogens is 1. The minimum absolute atomic E-state index is 0.185. The minimum Gasteiger partial charge on any atom is -0.404 e. The summed E-state index contributed by atoms with van der Waals surface area (Å²) in [5.74, 6) is 0.142. The predicted molar refractivity (Wildman–Crippen MR) is 130 cm³/mol. The SMILES string of the molecule is Cn1ccnc1CNCc1ccc(-c2cnc(NC(=O)Nc3ccccc3OC(F)(F)F)[nH]c2=O)cc1. The monoisotopic (exact) mass is 513 g/mol. The molecule has 0 bridgehead atoms. The fourth-order valence-electron chi connectivity index (χ4n) is 3.40. The van der Waals surface area contributed by atoms with Crippen LogP contribution in [0, 0.1) is 0 Å². The van der Waals surface area contributed by atoms with Gasteiger partial charge in [-0.15, -0.1) is 13.2 Å². The van der Waals surface area contributed by atoms with Crippen LogP contribution in [-0.2, 0) is 20.1 Å². The molecule has 2 heterocycles. The number of ether oxygens (including phenoxy) is 1. The largest absolute Gasteiger partial charge is 0.573 e. The summed E-state index contributed by atoms with van der Waals surface area (Å²) in [7, 11) is 1.92. The molecule has 37 heavy (non-hydrogen) atoms. The number of hydrogen-bond acceptors (Lipinski definition) is 6. The lowest BCUT2D eigenvalue weighted by Crippen LogP contribution is -2.24. The summed E-state index contributed by atoms with van der Waals surface area (Å²) >= 11 is 0. The third kappa shape index (κ3) is 6.95. The van der Waals surface area contributed by atoms with Crippen LogP contribution in [0.1, 0.15) is 11.4 Å². The Morgan fingerprint density at radius 1 is 1.05 bits per heavy atom. The van der Waals surface area contributed by atoms with E-state index < -0.39 is 23.7 Å². The molecule has 0 radical (unpaired) electrons. The van der Waals surface area contributed by atoms with Crippen molar-refractivity contribution in [1.29, 1.82) is 0 Å². The Morgan fingerprint density at radius 2 is 1.81 bits per heavy atom. The summed E-state index contributed by atoms with van der Waals surface area (Å²) in [6.45, 7) is 1.22. The first-order chi connectivity index (χ1) is 17.7. The van der Waals surface area contributed by atoms with Crippen LogP contribution in [0.3, 0.4) is 0 Å². The van der Waals surface area contributed by atoms with Gasteiger partial charge < -0.3 is 19.9 Å². The summed E-state index contributed by atoms with van der Waals surface area (Å²) in [5, 5.41) is 7.81. The highest BCUT2D eigenvalue weighted by molar-refractivity contribution is 5.99. The average Bonchev–Trinajstić information content (AvgIpc) is 3.25. The Hall–Kier alpha value is -4.65. The second kappa shape index (κ2) is 11.0. The molecule has 0 saturated heterocycles. The number of carbonyl (C=O) groups is 1. The Kier molecular flexibility index (Phi) is 7.53. The van der Waals surface area contributed by atoms with Gasteiger partial charge in [0.2, 0.25) is 5.95 Å². The highest BCUT2D eigenvalue weighted by Crippen LogP contribution is 2.30. The molecule has 0 aliphatic heterocycles. The number of aryl methyl sites for hydroxylation is 1. The lowest BCUT2D eigenvalue weighted by atomic mass is 10.1. The number of alkyl halides is 3. The smallest absolute Gasteiger partial charge is 0.404 e. The zero-order valence-electron chi connectivity index (χ0n) is 19.5. The summed E-state index contributed by atoms with van der Waals surface area (Å²) in [5.41, 5.74) is 1.18. The predicted octanol–water partition coefficient (Wildman–Crippen LogP) is 4.00. The Morgan fingerprint density at radius 3 is 2.49 bits per heavy atom. The molecular formula is C24H22F3N7O3. The van der Waals surface area contributed by atoms with Gasteiger partial charge in [-0.25, -0.2) is 14.8 Å². The molecule has 0 fully saturated rings. The van der Waals surface area contributed by atoms with E-state index in [4.69, 9.17) is 0 Å². The highest BCUT2D eigenvalue weighted by atomic mass is 19.4. The van der Waals surface area contributed by atoms with Crippen LogP contribution >= 0.6 is 0 Å². The van der Waals surface area contributed by atoms with E-state index >= 15 is 0 Å². The first-order valence-corrected chi connectivity index (χ1v) is 11.0. The first-order valence-electron chi connectivity index (χ1n) is 11.0. The van der Waals surface area contributed by atoms with Gasteiger partial charge in [-0.05, 0) is 23.3 Å². The lowest BCUT2D eigenvalue weighted by molar-refractivity contribution is -0.274. The molecular weight excluding hydrogens is 491 g/mol. The van der Waals surface area contributed by atoms with Crippen molar-refractivity contribution in [3.05, 3.63) is 88.9 Å². The van der Waals surface area contributed by atoms with Crippen LogP contribution in [0.25, 0.3) is 11.1 Å². The average molecular weight is 513 g/mol. The Balaban J connectivity index is 1.36. The van der Waals surface area contributed by atoms with E-state index in [2.05, 4.69) is 35.6 Å². The number of carbonyl (C=O) groups excluding carboxylic acids is 1. The van der Waals surface area contributed by atoms with Crippen molar-refractivity contribution in [2.24, 2.45) is 7.05 Å². The Labute approximate surface area is 208 Å². The van der Waals surface area contributed by atoms with Crippen molar-refractivity contribution in [2.75, 3.05) is 10.6 Å².